The van der Waals surface area contributed by atoms with Crippen LogP contribution in [0.5, 0.6) is 0 Å². The molecule has 5 nitrogen and oxygen atoms in total. The largest absolute Gasteiger partial charge is 1.00 e. The SMILES string of the molecule is CC(=O)Nc1ccc(C)cc1.O=S(=O)([O-])C(F)(F)F.[Ru+].c1ccc(P(c2ccccc2)c2ccc3ccccc3c2-c2c(P(c3ccccc3)c3ccccc3)ccc3ccccc23)cc1. The van der Waals surface area contributed by atoms with Gasteiger partial charge in [0.2, 0.25) is 5.91 Å². The van der Waals surface area contributed by atoms with E-state index in [1.54, 1.807) is 0 Å². The molecule has 1 N–H and O–H groups in total. The number of aryl methyl sites for hydroxylation is 1. The molecule has 0 aliphatic carbocycles. The second-order valence-corrected chi connectivity index (χ2v) is 20.6. The first kappa shape index (κ1) is 49.6. The van der Waals surface area contributed by atoms with Crippen LogP contribution in [-0.2, 0) is 34.4 Å². The number of fused-ring (bicyclic) bond motifs is 2. The molecule has 0 saturated heterocycles. The minimum absolute atomic E-state index is 0. The van der Waals surface area contributed by atoms with E-state index in [0.29, 0.717) is 0 Å². The topological polar surface area (TPSA) is 86.3 Å². The molecule has 0 aliphatic rings. The van der Waals surface area contributed by atoms with Crippen molar-refractivity contribution in [2.45, 2.75) is 19.4 Å². The maximum atomic E-state index is 10.7. The summed E-state index contributed by atoms with van der Waals surface area (Å²) in [6, 6.07) is 79.5. The minimum Gasteiger partial charge on any atom is -0.741 e. The number of hydrogen-bond acceptors (Lipinski definition) is 4. The van der Waals surface area contributed by atoms with Gasteiger partial charge in [0.1, 0.15) is 0 Å². The fraction of sp³-hybridized carbons (Fsp3) is 0.0556. The average Bonchev–Trinajstić information content (AvgIpc) is 3.31. The Morgan fingerprint density at radius 2 is 0.788 bits per heavy atom. The molecule has 12 heteroatoms. The number of nitrogens with one attached hydrogen (secondary N) is 1. The van der Waals surface area contributed by atoms with Crippen LogP contribution in [0.2, 0.25) is 0 Å². The number of halogens is 3. The van der Waals surface area contributed by atoms with E-state index in [1.807, 2.05) is 31.2 Å². The van der Waals surface area contributed by atoms with Gasteiger partial charge in [-0.3, -0.25) is 4.79 Å². The fourth-order valence-electron chi connectivity index (χ4n) is 7.42. The Morgan fingerprint density at radius 3 is 1.09 bits per heavy atom. The molecule has 1 radical (unpaired) electrons. The number of hydrogen-bond donors (Lipinski definition) is 1. The number of benzene rings is 9. The fourth-order valence-corrected chi connectivity index (χ4v) is 12.4. The summed E-state index contributed by atoms with van der Waals surface area (Å²) in [6.45, 7) is 3.51. The van der Waals surface area contributed by atoms with Crippen LogP contribution in [0, 0.1) is 6.92 Å². The van der Waals surface area contributed by atoms with Crippen molar-refractivity contribution in [3.05, 3.63) is 224 Å². The van der Waals surface area contributed by atoms with Gasteiger partial charge < -0.3 is 9.87 Å². The van der Waals surface area contributed by atoms with Gasteiger partial charge in [0, 0.05) is 12.6 Å². The van der Waals surface area contributed by atoms with Gasteiger partial charge >= 0.3 is 25.0 Å². The monoisotopic (exact) mass is 1020 g/mol. The third-order valence-corrected chi connectivity index (χ3v) is 15.8. The Bertz CT molecular complexity index is 2890. The van der Waals surface area contributed by atoms with Crippen molar-refractivity contribution in [3.63, 3.8) is 0 Å². The first-order valence-electron chi connectivity index (χ1n) is 20.5. The van der Waals surface area contributed by atoms with Crippen molar-refractivity contribution in [2.24, 2.45) is 0 Å². The van der Waals surface area contributed by atoms with E-state index in [4.69, 9.17) is 13.0 Å². The van der Waals surface area contributed by atoms with Crippen molar-refractivity contribution in [1.82, 2.24) is 0 Å². The number of amides is 1. The standard InChI is InChI=1S/C44H32P2.C9H11NO.CHF3O3S.Ru/c1-5-19-35(20-6-1)45(36-21-7-2-8-22-36)41-31-29-33-17-13-15-27-39(33)43(41)44-40-28-16-14-18-34(40)30-32-42(44)46(37-23-9-3-10-24-37)38-25-11-4-12-26-38;1-7-3-5-9(6-4-7)10-8(2)11;2-1(3,4)8(5,6)7;/h1-32H;3-6H,1-2H3,(H,10,11);(H,5,6,7);/q;;;+1/p-1. The molecule has 0 unspecified atom stereocenters. The van der Waals surface area contributed by atoms with Crippen LogP contribution in [0.3, 0.4) is 0 Å². The van der Waals surface area contributed by atoms with Crippen LogP contribution in [0.25, 0.3) is 32.7 Å². The number of anilines is 1. The third kappa shape index (κ3) is 12.1. The van der Waals surface area contributed by atoms with Gasteiger partial charge in [-0.1, -0.05) is 212 Å². The molecule has 9 rings (SSSR count). The molecular weight excluding hydrogens is 979 g/mol. The number of carbonyl (C=O) groups is 1. The second kappa shape index (κ2) is 22.6. The van der Waals surface area contributed by atoms with Gasteiger partial charge in [-0.15, -0.1) is 0 Å². The summed E-state index contributed by atoms with van der Waals surface area (Å²) >= 11 is 0. The zero-order valence-corrected chi connectivity index (χ0v) is 40.1. The van der Waals surface area contributed by atoms with Gasteiger partial charge in [-0.05, 0) is 99.4 Å². The summed E-state index contributed by atoms with van der Waals surface area (Å²) in [5, 5.41) is 16.0. The van der Waals surface area contributed by atoms with Crippen molar-refractivity contribution in [2.75, 3.05) is 5.32 Å². The van der Waals surface area contributed by atoms with Crippen LogP contribution in [0.15, 0.2) is 218 Å². The molecule has 0 heterocycles. The van der Waals surface area contributed by atoms with E-state index >= 15 is 0 Å². The van der Waals surface area contributed by atoms with E-state index in [0.717, 1.165) is 5.69 Å². The van der Waals surface area contributed by atoms with E-state index in [-0.39, 0.29) is 25.4 Å². The molecule has 0 atom stereocenters. The molecule has 0 bridgehead atoms. The molecule has 1 amide bonds. The van der Waals surface area contributed by atoms with Gasteiger partial charge in [-0.25, -0.2) is 8.42 Å². The van der Waals surface area contributed by atoms with Crippen molar-refractivity contribution >= 4 is 90.9 Å². The maximum Gasteiger partial charge on any atom is 1.00 e. The van der Waals surface area contributed by atoms with Crippen LogP contribution in [0.1, 0.15) is 12.5 Å². The zero-order valence-electron chi connectivity index (χ0n) is 35.7. The molecule has 0 fully saturated rings. The summed E-state index contributed by atoms with van der Waals surface area (Å²) in [7, 11) is -7.79. The van der Waals surface area contributed by atoms with Gasteiger partial charge in [0.25, 0.3) is 0 Å². The first-order chi connectivity index (χ1) is 31.3. The van der Waals surface area contributed by atoms with Crippen LogP contribution >= 0.6 is 15.8 Å². The van der Waals surface area contributed by atoms with Crippen LogP contribution < -0.4 is 37.1 Å². The van der Waals surface area contributed by atoms with Crippen LogP contribution in [-0.4, -0.2) is 24.4 Å². The molecule has 0 aliphatic heterocycles. The first-order valence-corrected chi connectivity index (χ1v) is 24.6. The molecule has 0 aromatic heterocycles. The summed E-state index contributed by atoms with van der Waals surface area (Å²) in [4.78, 5) is 10.6. The second-order valence-electron chi connectivity index (χ2n) is 14.8. The quantitative estimate of drug-likeness (QED) is 0.0711. The Balaban J connectivity index is 0.000000301. The van der Waals surface area contributed by atoms with E-state index < -0.39 is 31.5 Å². The molecular formula is C54H43F3NO4P2RuS. The smallest absolute Gasteiger partial charge is 0.741 e. The predicted molar refractivity (Wildman–Crippen MR) is 266 cm³/mol. The Labute approximate surface area is 398 Å². The maximum absolute atomic E-state index is 10.7. The molecule has 66 heavy (non-hydrogen) atoms. The van der Waals surface area contributed by atoms with Gasteiger partial charge in [-0.2, -0.15) is 13.2 Å². The Hall–Kier alpha value is -5.85. The Kier molecular flexibility index (Phi) is 17.0. The van der Waals surface area contributed by atoms with E-state index in [1.165, 1.54) is 77.0 Å². The average molecular weight is 1020 g/mol. The van der Waals surface area contributed by atoms with Crippen molar-refractivity contribution in [3.8, 4) is 11.1 Å². The Morgan fingerprint density at radius 1 is 0.485 bits per heavy atom. The summed E-state index contributed by atoms with van der Waals surface area (Å²) in [5.41, 5.74) is -0.902. The molecule has 9 aromatic rings. The summed E-state index contributed by atoms with van der Waals surface area (Å²) in [6.07, 6.45) is 0. The van der Waals surface area contributed by atoms with Crippen molar-refractivity contribution in [1.29, 1.82) is 0 Å². The molecule has 9 aromatic carbocycles. The van der Waals surface area contributed by atoms with E-state index in [9.17, 15) is 18.0 Å². The zero-order chi connectivity index (χ0) is 46.0. The minimum atomic E-state index is -6.09. The molecule has 0 spiro atoms. The predicted octanol–water partition coefficient (Wildman–Crippen LogP) is 11.2. The van der Waals surface area contributed by atoms with Gasteiger partial charge in [0.15, 0.2) is 10.1 Å². The normalized spacial score (nSPS) is 11.2. The third-order valence-electron chi connectivity index (χ3n) is 10.3. The van der Waals surface area contributed by atoms with Crippen LogP contribution in [0.4, 0.5) is 18.9 Å². The summed E-state index contributed by atoms with van der Waals surface area (Å²) in [5.74, 6) is -0.0335. The number of carbonyl (C=O) groups excluding carboxylic acids is 1. The van der Waals surface area contributed by atoms with Gasteiger partial charge in [0.05, 0.1) is 0 Å². The molecule has 333 valence electrons. The molecule has 0 saturated carbocycles. The summed E-state index contributed by atoms with van der Waals surface area (Å²) < 4.78 is 58.9. The van der Waals surface area contributed by atoms with E-state index in [2.05, 4.69) is 199 Å². The van der Waals surface area contributed by atoms with Crippen molar-refractivity contribution < 1.29 is 50.4 Å². The number of alkyl halides is 3. The number of rotatable bonds is 8.